The molecule has 0 bridgehead atoms. The first-order chi connectivity index (χ1) is 12.1. The van der Waals surface area contributed by atoms with Crippen LogP contribution >= 0.6 is 0 Å². The average Bonchev–Trinajstić information content (AvgIpc) is 2.99. The maximum atomic E-state index is 13.5. The summed E-state index contributed by atoms with van der Waals surface area (Å²) in [6.45, 7) is 0.573. The van der Waals surface area contributed by atoms with Gasteiger partial charge in [-0.15, -0.1) is 0 Å². The van der Waals surface area contributed by atoms with E-state index in [0.29, 0.717) is 30.0 Å². The molecule has 1 saturated heterocycles. The number of nitrogens with one attached hydrogen (secondary N) is 1. The predicted molar refractivity (Wildman–Crippen MR) is 88.4 cm³/mol. The number of halogens is 1. The van der Waals surface area contributed by atoms with Crippen molar-refractivity contribution >= 4 is 17.6 Å². The molecular formula is C17H17FN4O3. The number of ether oxygens (including phenoxy) is 1. The molecule has 0 aliphatic carbocycles. The molecule has 1 aromatic carbocycles. The zero-order chi connectivity index (χ0) is 17.8. The van der Waals surface area contributed by atoms with Crippen LogP contribution in [0.3, 0.4) is 0 Å². The third kappa shape index (κ3) is 3.90. The van der Waals surface area contributed by atoms with Gasteiger partial charge in [0.2, 0.25) is 11.8 Å². The van der Waals surface area contributed by atoms with E-state index < -0.39 is 5.82 Å². The number of amides is 2. The molecule has 130 valence electrons. The van der Waals surface area contributed by atoms with E-state index in [9.17, 15) is 14.0 Å². The van der Waals surface area contributed by atoms with Crippen molar-refractivity contribution in [3.05, 3.63) is 36.4 Å². The Labute approximate surface area is 143 Å². The van der Waals surface area contributed by atoms with E-state index in [1.165, 1.54) is 42.6 Å². The molecular weight excluding hydrogens is 327 g/mol. The molecule has 2 amide bonds. The quantitative estimate of drug-likeness (QED) is 0.895. The number of hydrogen-bond acceptors (Lipinski definition) is 5. The Morgan fingerprint density at radius 3 is 2.92 bits per heavy atom. The largest absolute Gasteiger partial charge is 0.496 e. The molecule has 0 radical (unpaired) electrons. The van der Waals surface area contributed by atoms with Gasteiger partial charge in [-0.05, 0) is 24.6 Å². The summed E-state index contributed by atoms with van der Waals surface area (Å²) < 4.78 is 18.8. The summed E-state index contributed by atoms with van der Waals surface area (Å²) in [4.78, 5) is 33.3. The topological polar surface area (TPSA) is 84.4 Å². The maximum Gasteiger partial charge on any atom is 0.245 e. The minimum atomic E-state index is -0.424. The number of nitrogens with zero attached hydrogens (tertiary/aromatic N) is 3. The van der Waals surface area contributed by atoms with Crippen LogP contribution in [0.15, 0.2) is 30.6 Å². The van der Waals surface area contributed by atoms with E-state index >= 15 is 0 Å². The smallest absolute Gasteiger partial charge is 0.245 e. The van der Waals surface area contributed by atoms with Crippen molar-refractivity contribution < 1.29 is 18.7 Å². The van der Waals surface area contributed by atoms with E-state index in [2.05, 4.69) is 15.3 Å². The van der Waals surface area contributed by atoms with Gasteiger partial charge in [0.05, 0.1) is 19.3 Å². The van der Waals surface area contributed by atoms with Crippen LogP contribution in [-0.4, -0.2) is 46.9 Å². The number of carbonyl (C=O) groups is 2. The minimum absolute atomic E-state index is 0.0124. The SMILES string of the molecule is COc1ccc(F)cc1-c1cc(NC(=O)CN2CCCC2=O)ncn1. The van der Waals surface area contributed by atoms with Gasteiger partial charge in [0.25, 0.3) is 0 Å². The lowest BCUT2D eigenvalue weighted by Crippen LogP contribution is -2.34. The van der Waals surface area contributed by atoms with Gasteiger partial charge in [-0.2, -0.15) is 0 Å². The third-order valence-corrected chi connectivity index (χ3v) is 3.88. The standard InChI is InChI=1S/C17H17FN4O3/c1-25-14-5-4-11(18)7-12(14)13-8-15(20-10-19-13)21-16(23)9-22-6-2-3-17(22)24/h4-5,7-8,10H,2-3,6,9H2,1H3,(H,19,20,21,23). The molecule has 1 N–H and O–H groups in total. The number of carbonyl (C=O) groups excluding carboxylic acids is 2. The number of aromatic nitrogens is 2. The summed E-state index contributed by atoms with van der Waals surface area (Å²) in [6, 6.07) is 5.62. The monoisotopic (exact) mass is 344 g/mol. The van der Waals surface area contributed by atoms with Crippen LogP contribution in [0.25, 0.3) is 11.3 Å². The molecule has 25 heavy (non-hydrogen) atoms. The Morgan fingerprint density at radius 1 is 1.36 bits per heavy atom. The molecule has 8 heteroatoms. The van der Waals surface area contributed by atoms with Gasteiger partial charge in [-0.1, -0.05) is 0 Å². The van der Waals surface area contributed by atoms with Crippen molar-refractivity contribution in [2.45, 2.75) is 12.8 Å². The van der Waals surface area contributed by atoms with E-state index in [4.69, 9.17) is 4.74 Å². The van der Waals surface area contributed by atoms with Gasteiger partial charge in [0.1, 0.15) is 23.7 Å². The van der Waals surface area contributed by atoms with Crippen molar-refractivity contribution in [3.8, 4) is 17.0 Å². The number of methoxy groups -OCH3 is 1. The molecule has 0 unspecified atom stereocenters. The number of rotatable bonds is 5. The third-order valence-electron chi connectivity index (χ3n) is 3.88. The fraction of sp³-hybridized carbons (Fsp3) is 0.294. The number of hydrogen-bond donors (Lipinski definition) is 1. The lowest BCUT2D eigenvalue weighted by Gasteiger charge is -2.15. The fourth-order valence-corrected chi connectivity index (χ4v) is 2.68. The van der Waals surface area contributed by atoms with Crippen molar-refractivity contribution in [3.63, 3.8) is 0 Å². The summed E-state index contributed by atoms with van der Waals surface area (Å²) in [5, 5.41) is 2.63. The molecule has 1 aliphatic rings. The summed E-state index contributed by atoms with van der Waals surface area (Å²) in [5.41, 5.74) is 0.869. The van der Waals surface area contributed by atoms with E-state index in [-0.39, 0.29) is 24.2 Å². The second-order valence-corrected chi connectivity index (χ2v) is 5.60. The highest BCUT2D eigenvalue weighted by Gasteiger charge is 2.22. The molecule has 0 spiro atoms. The Kier molecular flexibility index (Phi) is 4.87. The highest BCUT2D eigenvalue weighted by molar-refractivity contribution is 5.94. The van der Waals surface area contributed by atoms with Crippen molar-refractivity contribution in [2.24, 2.45) is 0 Å². The summed E-state index contributed by atoms with van der Waals surface area (Å²) in [7, 11) is 1.48. The van der Waals surface area contributed by atoms with Gasteiger partial charge in [0.15, 0.2) is 0 Å². The lowest BCUT2D eigenvalue weighted by atomic mass is 10.1. The number of likely N-dealkylation sites (tertiary alicyclic amines) is 1. The summed E-state index contributed by atoms with van der Waals surface area (Å²) >= 11 is 0. The van der Waals surface area contributed by atoms with Gasteiger partial charge < -0.3 is 15.0 Å². The fourth-order valence-electron chi connectivity index (χ4n) is 2.68. The van der Waals surface area contributed by atoms with E-state index in [1.54, 1.807) is 0 Å². The van der Waals surface area contributed by atoms with Gasteiger partial charge in [-0.3, -0.25) is 9.59 Å². The zero-order valence-corrected chi connectivity index (χ0v) is 13.7. The van der Waals surface area contributed by atoms with Crippen LogP contribution in [0.5, 0.6) is 5.75 Å². The first-order valence-electron chi connectivity index (χ1n) is 7.80. The van der Waals surface area contributed by atoms with E-state index in [1.807, 2.05) is 0 Å². The van der Waals surface area contributed by atoms with Crippen LogP contribution in [0.1, 0.15) is 12.8 Å². The van der Waals surface area contributed by atoms with Gasteiger partial charge in [-0.25, -0.2) is 14.4 Å². The molecule has 3 rings (SSSR count). The molecule has 0 atom stereocenters. The predicted octanol–water partition coefficient (Wildman–Crippen LogP) is 1.85. The minimum Gasteiger partial charge on any atom is -0.496 e. The Hall–Kier alpha value is -3.03. The zero-order valence-electron chi connectivity index (χ0n) is 13.7. The van der Waals surface area contributed by atoms with Gasteiger partial charge in [0, 0.05) is 24.6 Å². The van der Waals surface area contributed by atoms with Crippen LogP contribution < -0.4 is 10.1 Å². The summed E-state index contributed by atoms with van der Waals surface area (Å²) in [5.74, 6) is -0.0605. The molecule has 1 aromatic heterocycles. The average molecular weight is 344 g/mol. The Bertz CT molecular complexity index is 812. The highest BCUT2D eigenvalue weighted by Crippen LogP contribution is 2.29. The van der Waals surface area contributed by atoms with Crippen molar-refractivity contribution in [1.82, 2.24) is 14.9 Å². The van der Waals surface area contributed by atoms with E-state index in [0.717, 1.165) is 6.42 Å². The number of benzene rings is 1. The van der Waals surface area contributed by atoms with Crippen LogP contribution in [0.4, 0.5) is 10.2 Å². The van der Waals surface area contributed by atoms with Crippen molar-refractivity contribution in [1.29, 1.82) is 0 Å². The maximum absolute atomic E-state index is 13.5. The van der Waals surface area contributed by atoms with Crippen LogP contribution in [0.2, 0.25) is 0 Å². The Morgan fingerprint density at radius 2 is 2.20 bits per heavy atom. The first-order valence-corrected chi connectivity index (χ1v) is 7.80. The van der Waals surface area contributed by atoms with Crippen LogP contribution in [0, 0.1) is 5.82 Å². The second kappa shape index (κ2) is 7.25. The summed E-state index contributed by atoms with van der Waals surface area (Å²) in [6.07, 6.45) is 2.52. The van der Waals surface area contributed by atoms with Crippen molar-refractivity contribution in [2.75, 3.05) is 25.5 Å². The molecule has 7 nitrogen and oxygen atoms in total. The normalized spacial score (nSPS) is 13.8. The molecule has 1 fully saturated rings. The Balaban J connectivity index is 1.76. The van der Waals surface area contributed by atoms with Crippen LogP contribution in [-0.2, 0) is 9.59 Å². The first kappa shape index (κ1) is 16.8. The molecule has 1 aliphatic heterocycles. The molecule has 0 saturated carbocycles. The lowest BCUT2D eigenvalue weighted by molar-refractivity contribution is -0.131. The second-order valence-electron chi connectivity index (χ2n) is 5.60. The molecule has 2 heterocycles. The highest BCUT2D eigenvalue weighted by atomic mass is 19.1. The number of anilines is 1. The molecule has 2 aromatic rings. The van der Waals surface area contributed by atoms with Gasteiger partial charge >= 0.3 is 0 Å².